The predicted molar refractivity (Wildman–Crippen MR) is 51.9 cm³/mol. The molecule has 14 heavy (non-hydrogen) atoms. The number of hydrogen-bond donors (Lipinski definition) is 3. The highest BCUT2D eigenvalue weighted by atomic mass is 32.2. The molecule has 2 atom stereocenters. The van der Waals surface area contributed by atoms with Crippen molar-refractivity contribution in [3.63, 3.8) is 0 Å². The summed E-state index contributed by atoms with van der Waals surface area (Å²) in [7, 11) is -3.16. The van der Waals surface area contributed by atoms with Gasteiger partial charge in [-0.05, 0) is 6.42 Å². The fourth-order valence-corrected chi connectivity index (χ4v) is 1.54. The van der Waals surface area contributed by atoms with Crippen LogP contribution in [0.3, 0.4) is 0 Å². The maximum Gasteiger partial charge on any atom is 0.224 e. The van der Waals surface area contributed by atoms with E-state index in [4.69, 9.17) is 5.73 Å². The van der Waals surface area contributed by atoms with Gasteiger partial charge in [-0.2, -0.15) is 0 Å². The molecule has 7 heteroatoms. The number of carbonyl (C=O) groups excluding carboxylic acids is 1. The van der Waals surface area contributed by atoms with Crippen molar-refractivity contribution >= 4 is 15.9 Å². The number of nitrogens with two attached hydrogens (primary N) is 1. The van der Waals surface area contributed by atoms with Crippen LogP contribution in [0.2, 0.25) is 0 Å². The molecule has 1 fully saturated rings. The number of carbonyl (C=O) groups is 1. The second kappa shape index (κ2) is 4.24. The van der Waals surface area contributed by atoms with Gasteiger partial charge in [-0.1, -0.05) is 0 Å². The van der Waals surface area contributed by atoms with Crippen molar-refractivity contribution < 1.29 is 13.2 Å². The lowest BCUT2D eigenvalue weighted by molar-refractivity contribution is -0.122. The van der Waals surface area contributed by atoms with Crippen molar-refractivity contribution in [2.75, 3.05) is 19.3 Å². The zero-order valence-corrected chi connectivity index (χ0v) is 8.80. The van der Waals surface area contributed by atoms with Gasteiger partial charge >= 0.3 is 0 Å². The van der Waals surface area contributed by atoms with Gasteiger partial charge in [-0.15, -0.1) is 0 Å². The molecule has 1 aliphatic rings. The van der Waals surface area contributed by atoms with E-state index in [0.29, 0.717) is 6.54 Å². The van der Waals surface area contributed by atoms with Gasteiger partial charge in [0, 0.05) is 19.1 Å². The number of nitrogens with one attached hydrogen (secondary N) is 2. The third-order valence-electron chi connectivity index (χ3n) is 1.97. The molecule has 6 nitrogen and oxygen atoms in total. The smallest absolute Gasteiger partial charge is 0.224 e. The molecule has 1 rings (SSSR count). The molecule has 0 aromatic heterocycles. The highest BCUT2D eigenvalue weighted by Gasteiger charge is 2.39. The van der Waals surface area contributed by atoms with E-state index in [0.717, 1.165) is 12.7 Å². The lowest BCUT2D eigenvalue weighted by atomic mass is 10.4. The van der Waals surface area contributed by atoms with Crippen LogP contribution >= 0.6 is 0 Å². The zero-order chi connectivity index (χ0) is 10.8. The van der Waals surface area contributed by atoms with Crippen molar-refractivity contribution in [2.45, 2.75) is 12.5 Å². The van der Waals surface area contributed by atoms with Gasteiger partial charge in [0.25, 0.3) is 0 Å². The normalized spacial score (nSPS) is 25.9. The fraction of sp³-hybridized carbons (Fsp3) is 0.857. The summed E-state index contributed by atoms with van der Waals surface area (Å²) in [5.74, 6) is -0.166. The Morgan fingerprint density at radius 3 is 2.50 bits per heavy atom. The number of rotatable bonds is 5. The summed E-state index contributed by atoms with van der Waals surface area (Å²) in [6, 6.07) is -0.0159. The van der Waals surface area contributed by atoms with Gasteiger partial charge in [0.05, 0.1) is 12.2 Å². The molecule has 0 aromatic rings. The third-order valence-corrected chi connectivity index (χ3v) is 2.69. The van der Waals surface area contributed by atoms with Crippen LogP contribution in [-0.4, -0.2) is 39.7 Å². The van der Waals surface area contributed by atoms with E-state index in [2.05, 4.69) is 10.0 Å². The molecule has 0 radical (unpaired) electrons. The first-order valence-corrected chi connectivity index (χ1v) is 6.27. The summed E-state index contributed by atoms with van der Waals surface area (Å²) >= 11 is 0. The van der Waals surface area contributed by atoms with Gasteiger partial charge in [-0.25, -0.2) is 13.1 Å². The first kappa shape index (κ1) is 11.4. The van der Waals surface area contributed by atoms with E-state index in [1.165, 1.54) is 0 Å². The molecule has 82 valence electrons. The summed E-state index contributed by atoms with van der Waals surface area (Å²) in [6.45, 7) is 0.516. The first-order valence-electron chi connectivity index (χ1n) is 4.38. The Morgan fingerprint density at radius 2 is 2.07 bits per heavy atom. The van der Waals surface area contributed by atoms with E-state index >= 15 is 0 Å². The Bertz CT molecular complexity index is 314. The van der Waals surface area contributed by atoms with Crippen LogP contribution < -0.4 is 15.8 Å². The molecule has 0 heterocycles. The molecule has 1 amide bonds. The van der Waals surface area contributed by atoms with Crippen LogP contribution in [0.1, 0.15) is 6.42 Å². The summed E-state index contributed by atoms with van der Waals surface area (Å²) in [5.41, 5.74) is 5.47. The molecule has 0 saturated heterocycles. The van der Waals surface area contributed by atoms with Crippen LogP contribution in [0.15, 0.2) is 0 Å². The van der Waals surface area contributed by atoms with Crippen LogP contribution in [0.5, 0.6) is 0 Å². The Kier molecular flexibility index (Phi) is 3.46. The Balaban J connectivity index is 2.07. The summed E-state index contributed by atoms with van der Waals surface area (Å²) < 4.78 is 23.5. The largest absolute Gasteiger partial charge is 0.354 e. The van der Waals surface area contributed by atoms with Crippen molar-refractivity contribution in [1.82, 2.24) is 10.0 Å². The second-order valence-electron chi connectivity index (χ2n) is 3.46. The topological polar surface area (TPSA) is 101 Å². The molecule has 0 aliphatic heterocycles. The molecule has 1 aliphatic carbocycles. The lowest BCUT2D eigenvalue weighted by Gasteiger charge is -2.04. The van der Waals surface area contributed by atoms with Crippen molar-refractivity contribution in [3.8, 4) is 0 Å². The minimum atomic E-state index is -3.16. The van der Waals surface area contributed by atoms with Gasteiger partial charge in [0.15, 0.2) is 0 Å². The standard InChI is InChI=1S/C7H15N3O3S/c1-14(12,13)10-3-2-9-7(11)5-4-6(5)8/h5-6,10H,2-4,8H2,1H3,(H,9,11). The van der Waals surface area contributed by atoms with E-state index in [-0.39, 0.29) is 24.4 Å². The summed E-state index contributed by atoms with van der Waals surface area (Å²) in [5, 5.41) is 2.60. The van der Waals surface area contributed by atoms with Crippen molar-refractivity contribution in [3.05, 3.63) is 0 Å². The number of sulfonamides is 1. The molecule has 0 spiro atoms. The average molecular weight is 221 g/mol. The first-order chi connectivity index (χ1) is 6.40. The lowest BCUT2D eigenvalue weighted by Crippen LogP contribution is -2.35. The maximum absolute atomic E-state index is 11.2. The quantitative estimate of drug-likeness (QED) is 0.467. The van der Waals surface area contributed by atoms with E-state index in [1.54, 1.807) is 0 Å². The SMILES string of the molecule is CS(=O)(=O)NCCNC(=O)C1CC1N. The van der Waals surface area contributed by atoms with Crippen LogP contribution in [-0.2, 0) is 14.8 Å². The Hall–Kier alpha value is -0.660. The maximum atomic E-state index is 11.2. The Morgan fingerprint density at radius 1 is 1.50 bits per heavy atom. The van der Waals surface area contributed by atoms with Crippen LogP contribution in [0, 0.1) is 5.92 Å². The number of amides is 1. The third kappa shape index (κ3) is 4.03. The molecule has 0 aromatic carbocycles. The minimum Gasteiger partial charge on any atom is -0.354 e. The summed E-state index contributed by atoms with van der Waals surface area (Å²) in [6.07, 6.45) is 1.80. The molecule has 4 N–H and O–H groups in total. The van der Waals surface area contributed by atoms with Gasteiger partial charge in [-0.3, -0.25) is 4.79 Å². The van der Waals surface area contributed by atoms with Gasteiger partial charge < -0.3 is 11.1 Å². The van der Waals surface area contributed by atoms with Gasteiger partial charge in [0.2, 0.25) is 15.9 Å². The molecule has 0 bridgehead atoms. The highest BCUT2D eigenvalue weighted by Crippen LogP contribution is 2.27. The van der Waals surface area contributed by atoms with Crippen LogP contribution in [0.25, 0.3) is 0 Å². The monoisotopic (exact) mass is 221 g/mol. The molecule has 2 unspecified atom stereocenters. The van der Waals surface area contributed by atoms with E-state index < -0.39 is 10.0 Å². The molecule has 1 saturated carbocycles. The minimum absolute atomic E-state index is 0.0159. The average Bonchev–Trinajstić information content (AvgIpc) is 2.74. The Labute approximate surface area is 83.3 Å². The fourth-order valence-electron chi connectivity index (χ4n) is 1.07. The van der Waals surface area contributed by atoms with Crippen molar-refractivity contribution in [1.29, 1.82) is 0 Å². The van der Waals surface area contributed by atoms with E-state index in [1.807, 2.05) is 0 Å². The van der Waals surface area contributed by atoms with E-state index in [9.17, 15) is 13.2 Å². The summed E-state index contributed by atoms with van der Waals surface area (Å²) in [4.78, 5) is 11.2. The molecular weight excluding hydrogens is 206 g/mol. The van der Waals surface area contributed by atoms with Crippen LogP contribution in [0.4, 0.5) is 0 Å². The highest BCUT2D eigenvalue weighted by molar-refractivity contribution is 7.88. The number of hydrogen-bond acceptors (Lipinski definition) is 4. The van der Waals surface area contributed by atoms with Crippen molar-refractivity contribution in [2.24, 2.45) is 11.7 Å². The molecular formula is C7H15N3O3S. The zero-order valence-electron chi connectivity index (χ0n) is 7.99. The van der Waals surface area contributed by atoms with Gasteiger partial charge in [0.1, 0.15) is 0 Å². The predicted octanol–water partition coefficient (Wildman–Crippen LogP) is -2.00. The second-order valence-corrected chi connectivity index (χ2v) is 5.30.